The lowest BCUT2D eigenvalue weighted by molar-refractivity contribution is 0.499. The van der Waals surface area contributed by atoms with Gasteiger partial charge in [-0.15, -0.1) is 0 Å². The van der Waals surface area contributed by atoms with E-state index in [1.54, 1.807) is 0 Å². The summed E-state index contributed by atoms with van der Waals surface area (Å²) >= 11 is 0. The van der Waals surface area contributed by atoms with Crippen molar-refractivity contribution in [2.45, 2.75) is 46.5 Å². The second-order valence-electron chi connectivity index (χ2n) is 10.9. The molecule has 2 aromatic heterocycles. The van der Waals surface area contributed by atoms with E-state index in [0.717, 1.165) is 35.4 Å². The summed E-state index contributed by atoms with van der Waals surface area (Å²) < 4.78 is 12.4. The lowest BCUT2D eigenvalue weighted by Gasteiger charge is -2.21. The van der Waals surface area contributed by atoms with Crippen LogP contribution < -0.4 is 0 Å². The van der Waals surface area contributed by atoms with Crippen molar-refractivity contribution in [2.75, 3.05) is 0 Å². The summed E-state index contributed by atoms with van der Waals surface area (Å²) in [5, 5.41) is 3.61. The van der Waals surface area contributed by atoms with Gasteiger partial charge in [-0.1, -0.05) is 61.4 Å². The van der Waals surface area contributed by atoms with Gasteiger partial charge in [0.2, 0.25) is 0 Å². The summed E-state index contributed by atoms with van der Waals surface area (Å²) in [5.41, 5.74) is 12.0. The van der Waals surface area contributed by atoms with Crippen molar-refractivity contribution in [2.24, 2.45) is 5.92 Å². The normalized spacial score (nSPS) is 19.9. The molecule has 0 fully saturated rings. The maximum absolute atomic E-state index is 6.29. The van der Waals surface area contributed by atoms with Crippen molar-refractivity contribution in [1.29, 1.82) is 0 Å². The molecule has 0 spiro atoms. The second-order valence-corrected chi connectivity index (χ2v) is 10.9. The first-order valence-corrected chi connectivity index (χ1v) is 13.0. The molecule has 2 nitrogen and oxygen atoms in total. The molecule has 36 heavy (non-hydrogen) atoms. The van der Waals surface area contributed by atoms with Crippen molar-refractivity contribution in [3.05, 3.63) is 100 Å². The van der Waals surface area contributed by atoms with Gasteiger partial charge in [-0.05, 0) is 91.3 Å². The van der Waals surface area contributed by atoms with Crippen LogP contribution in [0.1, 0.15) is 67.5 Å². The van der Waals surface area contributed by atoms with E-state index in [0.29, 0.717) is 11.8 Å². The van der Waals surface area contributed by atoms with Gasteiger partial charge in [-0.3, -0.25) is 0 Å². The molecule has 7 rings (SSSR count). The smallest absolute Gasteiger partial charge is 0.135 e. The summed E-state index contributed by atoms with van der Waals surface area (Å²) in [6.45, 7) is 8.95. The van der Waals surface area contributed by atoms with Crippen LogP contribution in [-0.2, 0) is 0 Å². The van der Waals surface area contributed by atoms with Crippen molar-refractivity contribution < 1.29 is 8.83 Å². The Bertz CT molecular complexity index is 1780. The van der Waals surface area contributed by atoms with Gasteiger partial charge in [0.05, 0.1) is 0 Å². The number of hydrogen-bond acceptors (Lipinski definition) is 2. The number of rotatable bonds is 2. The largest absolute Gasteiger partial charge is 0.460 e. The Morgan fingerprint density at radius 1 is 0.694 bits per heavy atom. The maximum atomic E-state index is 6.29. The van der Waals surface area contributed by atoms with Crippen molar-refractivity contribution in [1.82, 2.24) is 0 Å². The first-order chi connectivity index (χ1) is 17.4. The van der Waals surface area contributed by atoms with E-state index < -0.39 is 0 Å². The Balaban J connectivity index is 1.33. The highest BCUT2D eigenvalue weighted by Gasteiger charge is 2.24. The molecule has 0 saturated heterocycles. The van der Waals surface area contributed by atoms with Gasteiger partial charge < -0.3 is 8.83 Å². The maximum Gasteiger partial charge on any atom is 0.135 e. The Labute approximate surface area is 211 Å². The molecule has 2 atom stereocenters. The minimum absolute atomic E-state index is 0.430. The number of fused-ring (bicyclic) bond motifs is 6. The SMILES string of the molecule is CC1=Cc2c(oc3ccc(C4=CCC(C)C(c5ccc6oc7ccc(C)cc7c6c5)=C4)cc23)C(C)C1. The molecule has 2 heteroatoms. The molecule has 0 saturated carbocycles. The van der Waals surface area contributed by atoms with Crippen LogP contribution in [0.25, 0.3) is 50.1 Å². The van der Waals surface area contributed by atoms with Crippen molar-refractivity contribution in [3.63, 3.8) is 0 Å². The topological polar surface area (TPSA) is 26.3 Å². The molecule has 2 heterocycles. The molecule has 2 unspecified atom stereocenters. The summed E-state index contributed by atoms with van der Waals surface area (Å²) in [7, 11) is 0. The van der Waals surface area contributed by atoms with E-state index in [9.17, 15) is 0 Å². The monoisotopic (exact) mass is 470 g/mol. The molecule has 0 aliphatic heterocycles. The van der Waals surface area contributed by atoms with Crippen LogP contribution in [0.2, 0.25) is 0 Å². The standard InChI is InChI=1S/C34H30O2/c1-19-5-10-31-27(14-19)28-18-25(9-12-32(28)35-31)26-16-23(7-6-21(26)3)24-8-11-33-29(17-24)30-15-20(2)13-22(4)34(30)36-33/h5,7-12,14-18,21-22H,6,13H2,1-4H3. The van der Waals surface area contributed by atoms with E-state index in [1.807, 2.05) is 0 Å². The minimum Gasteiger partial charge on any atom is -0.460 e. The lowest BCUT2D eigenvalue weighted by atomic mass is 9.83. The van der Waals surface area contributed by atoms with Crippen LogP contribution in [-0.4, -0.2) is 0 Å². The van der Waals surface area contributed by atoms with Crippen LogP contribution in [0.5, 0.6) is 0 Å². The van der Waals surface area contributed by atoms with E-state index >= 15 is 0 Å². The Morgan fingerprint density at radius 3 is 2.22 bits per heavy atom. The number of aryl methyl sites for hydroxylation is 1. The zero-order valence-electron chi connectivity index (χ0n) is 21.3. The van der Waals surface area contributed by atoms with Gasteiger partial charge in [-0.2, -0.15) is 0 Å². The molecule has 178 valence electrons. The number of hydrogen-bond donors (Lipinski definition) is 0. The molecule has 0 radical (unpaired) electrons. The molecule has 5 aromatic rings. The van der Waals surface area contributed by atoms with Gasteiger partial charge in [0.25, 0.3) is 0 Å². The molecule has 0 amide bonds. The fourth-order valence-electron chi connectivity index (χ4n) is 6.15. The quantitative estimate of drug-likeness (QED) is 0.256. The zero-order valence-corrected chi connectivity index (χ0v) is 21.3. The molecule has 2 aliphatic carbocycles. The third-order valence-corrected chi connectivity index (χ3v) is 8.05. The van der Waals surface area contributed by atoms with Crippen LogP contribution in [0.15, 0.2) is 81.2 Å². The zero-order chi connectivity index (χ0) is 24.6. The molecule has 0 N–H and O–H groups in total. The first-order valence-electron chi connectivity index (χ1n) is 13.0. The molecule has 2 aliphatic rings. The van der Waals surface area contributed by atoms with E-state index in [-0.39, 0.29) is 0 Å². The third kappa shape index (κ3) is 3.32. The third-order valence-electron chi connectivity index (χ3n) is 8.05. The van der Waals surface area contributed by atoms with Crippen LogP contribution in [0.3, 0.4) is 0 Å². The number of allylic oxidation sites excluding steroid dienone is 5. The summed E-state index contributed by atoms with van der Waals surface area (Å²) in [6, 6.07) is 19.8. The van der Waals surface area contributed by atoms with Crippen molar-refractivity contribution >= 4 is 50.1 Å². The Morgan fingerprint density at radius 2 is 1.39 bits per heavy atom. The van der Waals surface area contributed by atoms with Gasteiger partial charge in [0.1, 0.15) is 22.5 Å². The van der Waals surface area contributed by atoms with Gasteiger partial charge in [0.15, 0.2) is 0 Å². The van der Waals surface area contributed by atoms with Crippen LogP contribution >= 0.6 is 0 Å². The fraction of sp³-hybridized carbons (Fsp3) is 0.235. The second kappa shape index (κ2) is 7.86. The number of benzene rings is 3. The summed E-state index contributed by atoms with van der Waals surface area (Å²) in [4.78, 5) is 0. The average Bonchev–Trinajstić information content (AvgIpc) is 3.42. The highest BCUT2D eigenvalue weighted by Crippen LogP contribution is 2.42. The van der Waals surface area contributed by atoms with E-state index in [1.165, 1.54) is 55.1 Å². The Hall–Kier alpha value is -3.78. The highest BCUT2D eigenvalue weighted by atomic mass is 16.3. The van der Waals surface area contributed by atoms with Gasteiger partial charge in [-0.25, -0.2) is 0 Å². The van der Waals surface area contributed by atoms with Gasteiger partial charge >= 0.3 is 0 Å². The Kier molecular flexibility index (Phi) is 4.70. The summed E-state index contributed by atoms with van der Waals surface area (Å²) in [6.07, 6.45) is 9.20. The summed E-state index contributed by atoms with van der Waals surface area (Å²) in [5.74, 6) is 2.02. The number of furan rings is 2. The van der Waals surface area contributed by atoms with Gasteiger partial charge in [0, 0.05) is 27.6 Å². The van der Waals surface area contributed by atoms with Crippen molar-refractivity contribution in [3.8, 4) is 0 Å². The first kappa shape index (κ1) is 21.5. The molecular weight excluding hydrogens is 440 g/mol. The van der Waals surface area contributed by atoms with E-state index in [4.69, 9.17) is 8.83 Å². The van der Waals surface area contributed by atoms with Crippen LogP contribution in [0.4, 0.5) is 0 Å². The molecule has 0 bridgehead atoms. The minimum atomic E-state index is 0.430. The predicted octanol–water partition coefficient (Wildman–Crippen LogP) is 10.1. The molecule has 3 aromatic carbocycles. The average molecular weight is 471 g/mol. The highest BCUT2D eigenvalue weighted by molar-refractivity contribution is 6.06. The van der Waals surface area contributed by atoms with Crippen LogP contribution in [0, 0.1) is 12.8 Å². The lowest BCUT2D eigenvalue weighted by Crippen LogP contribution is -2.03. The molecular formula is C34H30O2. The van der Waals surface area contributed by atoms with E-state index in [2.05, 4.69) is 101 Å². The predicted molar refractivity (Wildman–Crippen MR) is 151 cm³/mol. The fourth-order valence-corrected chi connectivity index (χ4v) is 6.15.